The quantitative estimate of drug-likeness (QED) is 0.764. The van der Waals surface area contributed by atoms with Crippen LogP contribution in [0.1, 0.15) is 17.3 Å². The number of nitrogens with zero attached hydrogens (tertiary/aromatic N) is 3. The van der Waals surface area contributed by atoms with Gasteiger partial charge in [0.1, 0.15) is 0 Å². The van der Waals surface area contributed by atoms with Crippen molar-refractivity contribution in [3.8, 4) is 10.8 Å². The summed E-state index contributed by atoms with van der Waals surface area (Å²) >= 11 is 1.18. The third-order valence-electron chi connectivity index (χ3n) is 1.50. The molecule has 0 saturated carbocycles. The molecule has 2 N–H and O–H groups in total. The average Bonchev–Trinajstić information content (AvgIpc) is 2.86. The Balaban J connectivity index is 0.00000128. The molecule has 87 valence electrons. The smallest absolute Gasteiger partial charge is 0.313 e. The molecule has 2 rings (SSSR count). The van der Waals surface area contributed by atoms with Gasteiger partial charge in [-0.1, -0.05) is 6.20 Å². The molecule has 0 aliphatic rings. The molecule has 0 aliphatic heterocycles. The van der Waals surface area contributed by atoms with Crippen LogP contribution >= 0.6 is 11.3 Å². The predicted molar refractivity (Wildman–Crippen MR) is 47.1 cm³/mol. The van der Waals surface area contributed by atoms with Gasteiger partial charge in [0.25, 0.3) is 5.89 Å². The van der Waals surface area contributed by atoms with Gasteiger partial charge < -0.3 is 15.1 Å². The molecule has 0 unspecified atom stereocenters. The van der Waals surface area contributed by atoms with Crippen molar-refractivity contribution >= 4 is 11.3 Å². The van der Waals surface area contributed by atoms with Crippen molar-refractivity contribution in [1.29, 1.82) is 0 Å². The first-order chi connectivity index (χ1) is 7.20. The maximum Gasteiger partial charge on any atom is 0.313 e. The predicted octanol–water partition coefficient (Wildman–Crippen LogP) is 1.39. The Hall–Kier alpha value is -0.748. The van der Waals surface area contributed by atoms with Gasteiger partial charge in [0, 0.05) is 25.4 Å². The Labute approximate surface area is 107 Å². The Kier molecular flexibility index (Phi) is 4.61. The molecule has 0 fully saturated rings. The van der Waals surface area contributed by atoms with E-state index in [-0.39, 0.29) is 32.9 Å². The summed E-state index contributed by atoms with van der Waals surface area (Å²) in [5, 5.41) is 7.27. The van der Waals surface area contributed by atoms with E-state index in [1.54, 1.807) is 0 Å². The summed E-state index contributed by atoms with van der Waals surface area (Å²) in [6.07, 6.45) is -0.198. The second-order valence-electron chi connectivity index (χ2n) is 2.50. The Morgan fingerprint density at radius 1 is 1.44 bits per heavy atom. The van der Waals surface area contributed by atoms with Gasteiger partial charge in [-0.2, -0.15) is 13.9 Å². The van der Waals surface area contributed by atoms with Crippen molar-refractivity contribution in [2.45, 2.75) is 13.0 Å². The Morgan fingerprint density at radius 3 is 2.69 bits per heavy atom. The van der Waals surface area contributed by atoms with Crippen LogP contribution in [-0.2, 0) is 27.0 Å². The normalized spacial score (nSPS) is 10.5. The minimum absolute atomic E-state index is 0. The third kappa shape index (κ3) is 2.68. The molecular formula is C7H5F2N4OReS-. The first-order valence-electron chi connectivity index (χ1n) is 3.90. The SMILES string of the molecule is NCc1n[c-]c(-c2nnc(C(F)F)o2)s1.[Re]. The third-order valence-corrected chi connectivity index (χ3v) is 2.46. The largest absolute Gasteiger partial charge is 0.478 e. The van der Waals surface area contributed by atoms with Gasteiger partial charge >= 0.3 is 6.43 Å². The van der Waals surface area contributed by atoms with E-state index in [1.807, 2.05) is 0 Å². The number of nitrogens with two attached hydrogens (primary N) is 1. The number of aromatic nitrogens is 3. The van der Waals surface area contributed by atoms with E-state index in [0.29, 0.717) is 9.88 Å². The molecule has 0 aliphatic carbocycles. The molecule has 1 radical (unpaired) electrons. The maximum absolute atomic E-state index is 12.1. The number of alkyl halides is 2. The summed E-state index contributed by atoms with van der Waals surface area (Å²) in [5.41, 5.74) is 5.34. The van der Waals surface area contributed by atoms with E-state index >= 15 is 0 Å². The van der Waals surface area contributed by atoms with Crippen LogP contribution in [0, 0.1) is 6.20 Å². The van der Waals surface area contributed by atoms with Crippen LogP contribution in [0.2, 0.25) is 0 Å². The number of hydrogen-bond acceptors (Lipinski definition) is 6. The van der Waals surface area contributed by atoms with Gasteiger partial charge in [-0.25, -0.2) is 11.3 Å². The Bertz CT molecular complexity index is 461. The molecule has 2 aromatic rings. The molecule has 2 heterocycles. The summed E-state index contributed by atoms with van der Waals surface area (Å²) in [7, 11) is 0. The van der Waals surface area contributed by atoms with Crippen LogP contribution in [0.15, 0.2) is 4.42 Å². The summed E-state index contributed by atoms with van der Waals surface area (Å²) in [6.45, 7) is 0.261. The summed E-state index contributed by atoms with van der Waals surface area (Å²) in [4.78, 5) is 4.23. The van der Waals surface area contributed by atoms with Crippen molar-refractivity contribution in [3.05, 3.63) is 17.1 Å². The zero-order valence-corrected chi connectivity index (χ0v) is 11.2. The summed E-state index contributed by atoms with van der Waals surface area (Å²) in [6, 6.07) is 0. The minimum Gasteiger partial charge on any atom is -0.478 e. The van der Waals surface area contributed by atoms with Crippen molar-refractivity contribution in [3.63, 3.8) is 0 Å². The topological polar surface area (TPSA) is 77.8 Å². The van der Waals surface area contributed by atoms with E-state index in [9.17, 15) is 8.78 Å². The van der Waals surface area contributed by atoms with Crippen molar-refractivity contribution in [2.75, 3.05) is 0 Å². The Morgan fingerprint density at radius 2 is 2.19 bits per heavy atom. The molecule has 2 aromatic heterocycles. The molecule has 0 spiro atoms. The van der Waals surface area contributed by atoms with E-state index in [2.05, 4.69) is 21.4 Å². The number of halogens is 2. The van der Waals surface area contributed by atoms with Gasteiger partial charge in [-0.15, -0.1) is 5.10 Å². The van der Waals surface area contributed by atoms with Crippen molar-refractivity contribution in [2.24, 2.45) is 5.73 Å². The fourth-order valence-corrected chi connectivity index (χ4v) is 1.54. The molecule has 0 bridgehead atoms. The standard InChI is InChI=1S/C7H5F2N4OS.Re/c8-5(9)7-13-12-6(14-7)3-2-11-4(1-10)15-3;/h5H,1,10H2;/q-1;. The van der Waals surface area contributed by atoms with E-state index in [1.165, 1.54) is 11.3 Å². The fraction of sp³-hybridized carbons (Fsp3) is 0.286. The molecule has 16 heavy (non-hydrogen) atoms. The van der Waals surface area contributed by atoms with Crippen LogP contribution < -0.4 is 5.73 Å². The van der Waals surface area contributed by atoms with Gasteiger partial charge in [0.2, 0.25) is 0 Å². The van der Waals surface area contributed by atoms with Gasteiger partial charge in [-0.05, 0) is 11.4 Å². The van der Waals surface area contributed by atoms with Crippen LogP contribution in [0.4, 0.5) is 8.78 Å². The molecule has 0 saturated heterocycles. The summed E-state index contributed by atoms with van der Waals surface area (Å²) in [5.74, 6) is -0.719. The van der Waals surface area contributed by atoms with E-state index in [0.717, 1.165) is 0 Å². The molecular weight excluding hydrogens is 412 g/mol. The monoisotopic (exact) mass is 418 g/mol. The zero-order chi connectivity index (χ0) is 10.8. The second-order valence-corrected chi connectivity index (χ2v) is 3.58. The van der Waals surface area contributed by atoms with Gasteiger partial charge in [0.15, 0.2) is 5.89 Å². The van der Waals surface area contributed by atoms with Crippen LogP contribution in [0.5, 0.6) is 0 Å². The van der Waals surface area contributed by atoms with Crippen molar-refractivity contribution in [1.82, 2.24) is 15.2 Å². The van der Waals surface area contributed by atoms with Crippen LogP contribution in [0.3, 0.4) is 0 Å². The number of hydrogen-bond donors (Lipinski definition) is 1. The number of rotatable bonds is 3. The van der Waals surface area contributed by atoms with Crippen LogP contribution in [-0.4, -0.2) is 15.2 Å². The fourth-order valence-electron chi connectivity index (χ4n) is 0.870. The second kappa shape index (κ2) is 5.54. The summed E-state index contributed by atoms with van der Waals surface area (Å²) < 4.78 is 29.0. The van der Waals surface area contributed by atoms with Gasteiger partial charge in [-0.3, -0.25) is 0 Å². The van der Waals surface area contributed by atoms with Crippen LogP contribution in [0.25, 0.3) is 10.8 Å². The molecule has 9 heteroatoms. The average molecular weight is 417 g/mol. The molecule has 0 amide bonds. The van der Waals surface area contributed by atoms with Crippen molar-refractivity contribution < 1.29 is 33.6 Å². The zero-order valence-electron chi connectivity index (χ0n) is 7.65. The number of thiazole rings is 1. The molecule has 0 atom stereocenters. The van der Waals surface area contributed by atoms with E-state index in [4.69, 9.17) is 10.2 Å². The maximum atomic E-state index is 12.1. The minimum atomic E-state index is -2.77. The molecule has 0 aromatic carbocycles. The first kappa shape index (κ1) is 13.3. The molecule has 5 nitrogen and oxygen atoms in total. The first-order valence-corrected chi connectivity index (χ1v) is 4.71. The van der Waals surface area contributed by atoms with E-state index < -0.39 is 12.3 Å². The van der Waals surface area contributed by atoms with Gasteiger partial charge in [0.05, 0.1) is 0 Å².